The van der Waals surface area contributed by atoms with Gasteiger partial charge in [-0.2, -0.15) is 0 Å². The van der Waals surface area contributed by atoms with Crippen LogP contribution in [-0.4, -0.2) is 15.5 Å². The van der Waals surface area contributed by atoms with E-state index in [1.54, 1.807) is 18.2 Å². The molecule has 0 saturated carbocycles. The van der Waals surface area contributed by atoms with E-state index in [0.717, 1.165) is 0 Å². The Bertz CT molecular complexity index is 757. The van der Waals surface area contributed by atoms with Gasteiger partial charge < -0.3 is 5.32 Å². The van der Waals surface area contributed by atoms with Gasteiger partial charge in [0.25, 0.3) is 5.56 Å². The molecule has 1 aromatic heterocycles. The number of aromatic nitrogens is 2. The lowest BCUT2D eigenvalue weighted by Crippen LogP contribution is -2.28. The molecule has 0 unspecified atom stereocenters. The highest BCUT2D eigenvalue weighted by Crippen LogP contribution is 2.24. The molecule has 2 rings (SSSR count). The van der Waals surface area contributed by atoms with Crippen LogP contribution >= 0.6 is 23.2 Å². The van der Waals surface area contributed by atoms with Gasteiger partial charge in [0.2, 0.25) is 5.91 Å². The number of rotatable bonds is 4. The summed E-state index contributed by atoms with van der Waals surface area (Å²) in [5.74, 6) is -0.188. The third-order valence-corrected chi connectivity index (χ3v) is 3.75. The number of hydrogen-bond donors (Lipinski definition) is 1. The summed E-state index contributed by atoms with van der Waals surface area (Å²) in [5, 5.41) is 3.41. The Labute approximate surface area is 137 Å². The molecule has 0 fully saturated rings. The molecule has 0 atom stereocenters. The molecule has 1 amide bonds. The SMILES string of the molecule is CC(C)c1cc(=O)n(CC(=O)Nc2ccc(Cl)c(Cl)c2)cn1. The Kier molecular flexibility index (Phi) is 5.21. The maximum Gasteiger partial charge on any atom is 0.254 e. The molecule has 7 heteroatoms. The van der Waals surface area contributed by atoms with Crippen LogP contribution in [0.4, 0.5) is 5.69 Å². The highest BCUT2D eigenvalue weighted by molar-refractivity contribution is 6.42. The van der Waals surface area contributed by atoms with Crippen molar-refractivity contribution in [1.82, 2.24) is 9.55 Å². The number of anilines is 1. The van der Waals surface area contributed by atoms with Gasteiger partial charge in [-0.05, 0) is 24.1 Å². The molecule has 0 aliphatic heterocycles. The van der Waals surface area contributed by atoms with E-state index in [9.17, 15) is 9.59 Å². The Hall–Kier alpha value is -1.85. The zero-order valence-corrected chi connectivity index (χ0v) is 13.6. The number of carbonyl (C=O) groups excluding carboxylic acids is 1. The van der Waals surface area contributed by atoms with Crippen LogP contribution in [0.3, 0.4) is 0 Å². The summed E-state index contributed by atoms with van der Waals surface area (Å²) in [7, 11) is 0. The van der Waals surface area contributed by atoms with Crippen LogP contribution < -0.4 is 10.9 Å². The molecule has 2 aromatic rings. The molecular weight excluding hydrogens is 325 g/mol. The van der Waals surface area contributed by atoms with E-state index in [2.05, 4.69) is 10.3 Å². The van der Waals surface area contributed by atoms with Crippen LogP contribution in [0.1, 0.15) is 25.5 Å². The van der Waals surface area contributed by atoms with Crippen molar-refractivity contribution in [2.45, 2.75) is 26.3 Å². The number of amides is 1. The first-order valence-electron chi connectivity index (χ1n) is 6.68. The predicted octanol–water partition coefficient (Wildman–Crippen LogP) is 3.31. The molecule has 0 aliphatic carbocycles. The third-order valence-electron chi connectivity index (χ3n) is 3.01. The van der Waals surface area contributed by atoms with Crippen molar-refractivity contribution in [3.05, 3.63) is 56.7 Å². The van der Waals surface area contributed by atoms with E-state index >= 15 is 0 Å². The van der Waals surface area contributed by atoms with Crippen LogP contribution in [0, 0.1) is 0 Å². The second-order valence-electron chi connectivity index (χ2n) is 5.11. The normalized spacial score (nSPS) is 10.8. The van der Waals surface area contributed by atoms with Crippen molar-refractivity contribution in [2.75, 3.05) is 5.32 Å². The molecule has 1 N–H and O–H groups in total. The number of carbonyl (C=O) groups is 1. The maximum atomic E-state index is 12.0. The van der Waals surface area contributed by atoms with E-state index in [0.29, 0.717) is 21.4 Å². The Morgan fingerprint density at radius 3 is 2.59 bits per heavy atom. The van der Waals surface area contributed by atoms with Gasteiger partial charge in [0.1, 0.15) is 6.54 Å². The van der Waals surface area contributed by atoms with E-state index in [1.807, 2.05) is 13.8 Å². The average molecular weight is 340 g/mol. The van der Waals surface area contributed by atoms with Crippen molar-refractivity contribution < 1.29 is 4.79 Å². The van der Waals surface area contributed by atoms with Gasteiger partial charge in [0.15, 0.2) is 0 Å². The van der Waals surface area contributed by atoms with Crippen LogP contribution in [0.5, 0.6) is 0 Å². The lowest BCUT2D eigenvalue weighted by Gasteiger charge is -2.09. The zero-order chi connectivity index (χ0) is 16.3. The number of halogens is 2. The zero-order valence-electron chi connectivity index (χ0n) is 12.1. The highest BCUT2D eigenvalue weighted by atomic mass is 35.5. The lowest BCUT2D eigenvalue weighted by atomic mass is 10.1. The maximum absolute atomic E-state index is 12.0. The fourth-order valence-corrected chi connectivity index (χ4v) is 2.10. The predicted molar refractivity (Wildman–Crippen MR) is 87.7 cm³/mol. The number of benzene rings is 1. The summed E-state index contributed by atoms with van der Waals surface area (Å²) in [6.07, 6.45) is 1.38. The summed E-state index contributed by atoms with van der Waals surface area (Å²) < 4.78 is 1.25. The molecule has 116 valence electrons. The van der Waals surface area contributed by atoms with Crippen LogP contribution in [0.25, 0.3) is 0 Å². The lowest BCUT2D eigenvalue weighted by molar-refractivity contribution is -0.116. The van der Waals surface area contributed by atoms with Crippen molar-refractivity contribution in [3.63, 3.8) is 0 Å². The minimum Gasteiger partial charge on any atom is -0.324 e. The standard InChI is InChI=1S/C15H15Cl2N3O2/c1-9(2)13-6-15(22)20(8-18-13)7-14(21)19-10-3-4-11(16)12(17)5-10/h3-6,8-9H,7H2,1-2H3,(H,19,21). The monoisotopic (exact) mass is 339 g/mol. The largest absolute Gasteiger partial charge is 0.324 e. The van der Waals surface area contributed by atoms with Crippen LogP contribution in [0.15, 0.2) is 35.4 Å². The van der Waals surface area contributed by atoms with Gasteiger partial charge >= 0.3 is 0 Å². The van der Waals surface area contributed by atoms with Gasteiger partial charge in [-0.3, -0.25) is 14.2 Å². The third kappa shape index (κ3) is 4.08. The second kappa shape index (κ2) is 6.94. The molecular formula is C15H15Cl2N3O2. The number of hydrogen-bond acceptors (Lipinski definition) is 3. The van der Waals surface area contributed by atoms with Crippen LogP contribution in [0.2, 0.25) is 10.0 Å². The smallest absolute Gasteiger partial charge is 0.254 e. The minimum absolute atomic E-state index is 0.121. The summed E-state index contributed by atoms with van der Waals surface area (Å²) in [6.45, 7) is 3.77. The average Bonchev–Trinajstić information content (AvgIpc) is 2.45. The van der Waals surface area contributed by atoms with Gasteiger partial charge in [-0.25, -0.2) is 4.98 Å². The Morgan fingerprint density at radius 1 is 1.27 bits per heavy atom. The van der Waals surface area contributed by atoms with Crippen LogP contribution in [-0.2, 0) is 11.3 Å². The minimum atomic E-state index is -0.348. The first kappa shape index (κ1) is 16.5. The van der Waals surface area contributed by atoms with Crippen molar-refractivity contribution in [2.24, 2.45) is 0 Å². The van der Waals surface area contributed by atoms with Crippen molar-refractivity contribution >= 4 is 34.8 Å². The first-order valence-corrected chi connectivity index (χ1v) is 7.43. The van der Waals surface area contributed by atoms with Gasteiger partial charge in [0, 0.05) is 11.8 Å². The van der Waals surface area contributed by atoms with Gasteiger partial charge in [0.05, 0.1) is 22.1 Å². The Balaban J connectivity index is 2.09. The van der Waals surface area contributed by atoms with E-state index < -0.39 is 0 Å². The fraction of sp³-hybridized carbons (Fsp3) is 0.267. The first-order chi connectivity index (χ1) is 10.4. The molecule has 0 bridgehead atoms. The van der Waals surface area contributed by atoms with Crippen molar-refractivity contribution in [3.8, 4) is 0 Å². The highest BCUT2D eigenvalue weighted by Gasteiger charge is 2.09. The van der Waals surface area contributed by atoms with E-state index in [-0.39, 0.29) is 23.9 Å². The topological polar surface area (TPSA) is 64.0 Å². The number of nitrogens with one attached hydrogen (secondary N) is 1. The Morgan fingerprint density at radius 2 is 2.00 bits per heavy atom. The number of nitrogens with zero attached hydrogens (tertiary/aromatic N) is 2. The molecule has 22 heavy (non-hydrogen) atoms. The molecule has 0 saturated heterocycles. The fourth-order valence-electron chi connectivity index (χ4n) is 1.80. The summed E-state index contributed by atoms with van der Waals surface area (Å²) >= 11 is 11.7. The summed E-state index contributed by atoms with van der Waals surface area (Å²) in [5.41, 5.74) is 0.952. The molecule has 1 aromatic carbocycles. The molecule has 0 spiro atoms. The molecule has 1 heterocycles. The summed E-state index contributed by atoms with van der Waals surface area (Å²) in [4.78, 5) is 28.1. The van der Waals surface area contributed by atoms with E-state index in [1.165, 1.54) is 17.0 Å². The molecule has 0 radical (unpaired) electrons. The van der Waals surface area contributed by atoms with Crippen molar-refractivity contribution in [1.29, 1.82) is 0 Å². The molecule has 5 nitrogen and oxygen atoms in total. The van der Waals surface area contributed by atoms with Gasteiger partial charge in [-0.15, -0.1) is 0 Å². The quantitative estimate of drug-likeness (QED) is 0.929. The summed E-state index contributed by atoms with van der Waals surface area (Å²) in [6, 6.07) is 6.21. The molecule has 0 aliphatic rings. The van der Waals surface area contributed by atoms with Gasteiger partial charge in [-0.1, -0.05) is 37.0 Å². The van der Waals surface area contributed by atoms with E-state index in [4.69, 9.17) is 23.2 Å². The second-order valence-corrected chi connectivity index (χ2v) is 5.93.